The van der Waals surface area contributed by atoms with E-state index < -0.39 is 5.97 Å². The Morgan fingerprint density at radius 3 is 2.46 bits per heavy atom. The molecule has 5 N–H and O–H groups in total. The van der Waals surface area contributed by atoms with Crippen LogP contribution in [0, 0.1) is 5.41 Å². The SMILES string of the molecule is N=C(N)c1ccc(NC(=O)c2ccc3c(c2)CN(CC(=O)O)CC3)cc1. The van der Waals surface area contributed by atoms with Gasteiger partial charge in [-0.15, -0.1) is 0 Å². The average molecular weight is 352 g/mol. The van der Waals surface area contributed by atoms with Crippen LogP contribution in [-0.2, 0) is 17.8 Å². The fourth-order valence-corrected chi connectivity index (χ4v) is 3.02. The van der Waals surface area contributed by atoms with Crippen LogP contribution in [0.5, 0.6) is 0 Å². The minimum Gasteiger partial charge on any atom is -0.480 e. The van der Waals surface area contributed by atoms with Crippen LogP contribution in [0.15, 0.2) is 42.5 Å². The predicted octanol–water partition coefficient (Wildman–Crippen LogP) is 1.67. The minimum atomic E-state index is -0.851. The summed E-state index contributed by atoms with van der Waals surface area (Å²) < 4.78 is 0. The molecule has 1 aliphatic rings. The average Bonchev–Trinajstić information content (AvgIpc) is 2.61. The van der Waals surface area contributed by atoms with E-state index in [2.05, 4.69) is 5.32 Å². The van der Waals surface area contributed by atoms with E-state index in [0.29, 0.717) is 29.9 Å². The van der Waals surface area contributed by atoms with E-state index in [-0.39, 0.29) is 18.3 Å². The number of carbonyl (C=O) groups is 2. The van der Waals surface area contributed by atoms with Crippen LogP contribution in [0.2, 0.25) is 0 Å². The van der Waals surface area contributed by atoms with Gasteiger partial charge in [0.05, 0.1) is 6.54 Å². The van der Waals surface area contributed by atoms with Gasteiger partial charge in [0.2, 0.25) is 0 Å². The Labute approximate surface area is 150 Å². The number of rotatable bonds is 5. The van der Waals surface area contributed by atoms with Crippen LogP contribution in [0.4, 0.5) is 5.69 Å². The summed E-state index contributed by atoms with van der Waals surface area (Å²) in [6.07, 6.45) is 0.775. The molecule has 0 unspecified atom stereocenters. The second kappa shape index (κ2) is 7.37. The molecule has 0 spiro atoms. The predicted molar refractivity (Wildman–Crippen MR) is 98.5 cm³/mol. The molecule has 0 aliphatic carbocycles. The van der Waals surface area contributed by atoms with Crippen molar-refractivity contribution in [2.45, 2.75) is 13.0 Å². The quantitative estimate of drug-likeness (QED) is 0.482. The van der Waals surface area contributed by atoms with E-state index in [1.807, 2.05) is 17.0 Å². The lowest BCUT2D eigenvalue weighted by Crippen LogP contribution is -2.34. The smallest absolute Gasteiger partial charge is 0.317 e. The molecule has 1 aliphatic heterocycles. The Kier molecular flexibility index (Phi) is 4.99. The van der Waals surface area contributed by atoms with Crippen LogP contribution in [-0.4, -0.2) is 40.8 Å². The van der Waals surface area contributed by atoms with Crippen LogP contribution in [0.3, 0.4) is 0 Å². The number of aliphatic carboxylic acids is 1. The van der Waals surface area contributed by atoms with Crippen LogP contribution < -0.4 is 11.1 Å². The zero-order valence-electron chi connectivity index (χ0n) is 14.2. The summed E-state index contributed by atoms with van der Waals surface area (Å²) in [6, 6.07) is 12.3. The lowest BCUT2D eigenvalue weighted by Gasteiger charge is -2.27. The summed E-state index contributed by atoms with van der Waals surface area (Å²) in [5, 5.41) is 19.1. The summed E-state index contributed by atoms with van der Waals surface area (Å²) in [4.78, 5) is 25.2. The van der Waals surface area contributed by atoms with Gasteiger partial charge in [0, 0.05) is 29.9 Å². The molecule has 134 valence electrons. The number of carboxylic acids is 1. The molecule has 2 aromatic carbocycles. The highest BCUT2D eigenvalue weighted by Gasteiger charge is 2.19. The number of nitrogens with two attached hydrogens (primary N) is 1. The normalized spacial score (nSPS) is 13.7. The lowest BCUT2D eigenvalue weighted by atomic mass is 9.97. The van der Waals surface area contributed by atoms with Crippen LogP contribution >= 0.6 is 0 Å². The van der Waals surface area contributed by atoms with Gasteiger partial charge in [-0.2, -0.15) is 0 Å². The first-order valence-corrected chi connectivity index (χ1v) is 8.24. The van der Waals surface area contributed by atoms with Gasteiger partial charge in [-0.3, -0.25) is 19.9 Å². The maximum absolute atomic E-state index is 12.5. The molecular formula is C19H20N4O3. The van der Waals surface area contributed by atoms with Gasteiger partial charge < -0.3 is 16.2 Å². The number of amides is 1. The van der Waals surface area contributed by atoms with Crippen molar-refractivity contribution in [1.82, 2.24) is 4.90 Å². The molecule has 3 rings (SSSR count). The number of benzene rings is 2. The zero-order valence-corrected chi connectivity index (χ0v) is 14.2. The fraction of sp³-hybridized carbons (Fsp3) is 0.211. The summed E-state index contributed by atoms with van der Waals surface area (Å²) in [5.41, 5.74) is 9.28. The number of carbonyl (C=O) groups excluding carboxylic acids is 1. The van der Waals surface area contributed by atoms with Gasteiger partial charge in [-0.25, -0.2) is 0 Å². The van der Waals surface area contributed by atoms with Gasteiger partial charge in [-0.05, 0) is 53.9 Å². The highest BCUT2D eigenvalue weighted by atomic mass is 16.4. The third kappa shape index (κ3) is 4.07. The first-order chi connectivity index (χ1) is 12.4. The first kappa shape index (κ1) is 17.6. The standard InChI is InChI=1S/C19H20N4O3/c20-18(21)13-3-5-16(6-4-13)22-19(26)14-2-1-12-7-8-23(11-17(24)25)10-15(12)9-14/h1-6,9H,7-8,10-11H2,(H3,20,21)(H,22,26)(H,24,25). The van der Waals surface area contributed by atoms with Crippen molar-refractivity contribution in [3.05, 3.63) is 64.7 Å². The second-order valence-corrected chi connectivity index (χ2v) is 6.28. The Morgan fingerprint density at radius 1 is 1.12 bits per heavy atom. The van der Waals surface area contributed by atoms with E-state index in [9.17, 15) is 9.59 Å². The Bertz CT molecular complexity index is 862. The molecule has 0 fully saturated rings. The van der Waals surface area contributed by atoms with E-state index in [0.717, 1.165) is 17.5 Å². The van der Waals surface area contributed by atoms with Crippen molar-refractivity contribution in [1.29, 1.82) is 5.41 Å². The summed E-state index contributed by atoms with van der Waals surface area (Å²) in [5.74, 6) is -1.11. The molecule has 0 radical (unpaired) electrons. The molecule has 2 aromatic rings. The van der Waals surface area contributed by atoms with Crippen molar-refractivity contribution in [2.24, 2.45) is 5.73 Å². The van der Waals surface area contributed by atoms with Crippen LogP contribution in [0.1, 0.15) is 27.0 Å². The maximum atomic E-state index is 12.5. The maximum Gasteiger partial charge on any atom is 0.317 e. The van der Waals surface area contributed by atoms with E-state index >= 15 is 0 Å². The largest absolute Gasteiger partial charge is 0.480 e. The molecule has 1 amide bonds. The summed E-state index contributed by atoms with van der Waals surface area (Å²) in [7, 11) is 0. The molecule has 0 bridgehead atoms. The van der Waals surface area contributed by atoms with Gasteiger partial charge in [0.25, 0.3) is 5.91 Å². The number of anilines is 1. The van der Waals surface area contributed by atoms with Gasteiger partial charge in [0.15, 0.2) is 0 Å². The third-order valence-electron chi connectivity index (χ3n) is 4.37. The zero-order chi connectivity index (χ0) is 18.7. The number of carboxylic acid groups (broad SMARTS) is 1. The van der Waals surface area contributed by atoms with Gasteiger partial charge >= 0.3 is 5.97 Å². The Hall–Kier alpha value is -3.19. The summed E-state index contributed by atoms with van der Waals surface area (Å²) in [6.45, 7) is 1.22. The summed E-state index contributed by atoms with van der Waals surface area (Å²) >= 11 is 0. The molecular weight excluding hydrogens is 332 g/mol. The minimum absolute atomic E-state index is 0.00163. The number of nitrogen functional groups attached to an aromatic ring is 1. The van der Waals surface area contributed by atoms with Crippen molar-refractivity contribution in [3.8, 4) is 0 Å². The number of amidine groups is 1. The van der Waals surface area contributed by atoms with Gasteiger partial charge in [0.1, 0.15) is 5.84 Å². The Balaban J connectivity index is 1.72. The second-order valence-electron chi connectivity index (χ2n) is 6.28. The molecule has 0 atom stereocenters. The molecule has 1 heterocycles. The van der Waals surface area contributed by atoms with Gasteiger partial charge in [-0.1, -0.05) is 6.07 Å². The van der Waals surface area contributed by atoms with Crippen molar-refractivity contribution < 1.29 is 14.7 Å². The molecule has 26 heavy (non-hydrogen) atoms. The number of fused-ring (bicyclic) bond motifs is 1. The topological polar surface area (TPSA) is 120 Å². The van der Waals surface area contributed by atoms with Crippen molar-refractivity contribution in [3.63, 3.8) is 0 Å². The molecule has 0 saturated heterocycles. The van der Waals surface area contributed by atoms with E-state index in [1.54, 1.807) is 30.3 Å². The van der Waals surface area contributed by atoms with Crippen molar-refractivity contribution >= 4 is 23.4 Å². The molecule has 7 nitrogen and oxygen atoms in total. The first-order valence-electron chi connectivity index (χ1n) is 8.24. The number of hydrogen-bond acceptors (Lipinski definition) is 4. The van der Waals surface area contributed by atoms with E-state index in [1.165, 1.54) is 0 Å². The van der Waals surface area contributed by atoms with Crippen LogP contribution in [0.25, 0.3) is 0 Å². The number of nitrogens with zero attached hydrogens (tertiary/aromatic N) is 1. The highest BCUT2D eigenvalue weighted by Crippen LogP contribution is 2.21. The molecule has 0 saturated carbocycles. The third-order valence-corrected chi connectivity index (χ3v) is 4.37. The highest BCUT2D eigenvalue weighted by molar-refractivity contribution is 6.04. The molecule has 0 aromatic heterocycles. The van der Waals surface area contributed by atoms with E-state index in [4.69, 9.17) is 16.2 Å². The lowest BCUT2D eigenvalue weighted by molar-refractivity contribution is -0.138. The fourth-order valence-electron chi connectivity index (χ4n) is 3.02. The Morgan fingerprint density at radius 2 is 1.81 bits per heavy atom. The van der Waals surface area contributed by atoms with Crippen molar-refractivity contribution in [2.75, 3.05) is 18.4 Å². The molecule has 7 heteroatoms. The monoisotopic (exact) mass is 352 g/mol. The number of nitrogens with one attached hydrogen (secondary N) is 2. The number of hydrogen-bond donors (Lipinski definition) is 4.